The Labute approximate surface area is 159 Å². The predicted octanol–water partition coefficient (Wildman–Crippen LogP) is 2.73. The van der Waals surface area contributed by atoms with Gasteiger partial charge in [0.05, 0.1) is 31.3 Å². The summed E-state index contributed by atoms with van der Waals surface area (Å²) in [4.78, 5) is 11.3. The minimum absolute atomic E-state index is 0.693. The van der Waals surface area contributed by atoms with Crippen LogP contribution < -0.4 is 10.2 Å². The van der Waals surface area contributed by atoms with Crippen molar-refractivity contribution in [3.8, 4) is 5.82 Å². The Morgan fingerprint density at radius 1 is 1.07 bits per heavy atom. The molecule has 3 aromatic rings. The second-order valence-electron chi connectivity index (χ2n) is 6.72. The van der Waals surface area contributed by atoms with Gasteiger partial charge in [-0.05, 0) is 37.6 Å². The summed E-state index contributed by atoms with van der Waals surface area (Å²) in [6.45, 7) is 8.18. The van der Waals surface area contributed by atoms with Gasteiger partial charge in [0.25, 0.3) is 0 Å². The molecule has 1 N–H and O–H groups in total. The van der Waals surface area contributed by atoms with E-state index >= 15 is 0 Å². The lowest BCUT2D eigenvalue weighted by atomic mass is 10.2. The van der Waals surface area contributed by atoms with Gasteiger partial charge in [0.15, 0.2) is 5.82 Å². The zero-order valence-corrected chi connectivity index (χ0v) is 15.7. The number of hydrogen-bond acceptors (Lipinski definition) is 6. The molecule has 140 valence electrons. The molecule has 27 heavy (non-hydrogen) atoms. The summed E-state index contributed by atoms with van der Waals surface area (Å²) in [6.07, 6.45) is 3.46. The van der Waals surface area contributed by atoms with Crippen LogP contribution >= 0.6 is 0 Å². The smallest absolute Gasteiger partial charge is 0.174 e. The fourth-order valence-electron chi connectivity index (χ4n) is 3.24. The molecule has 1 fully saturated rings. The molecule has 0 aliphatic carbocycles. The van der Waals surface area contributed by atoms with Crippen LogP contribution in [0.15, 0.2) is 42.7 Å². The lowest BCUT2D eigenvalue weighted by Gasteiger charge is -2.28. The summed E-state index contributed by atoms with van der Waals surface area (Å²) in [6, 6.07) is 10.7. The Morgan fingerprint density at radius 3 is 2.56 bits per heavy atom. The molecular weight excluding hydrogens is 340 g/mol. The molecule has 1 aliphatic heterocycles. The topological polar surface area (TPSA) is 68.1 Å². The van der Waals surface area contributed by atoms with Crippen LogP contribution in [0.25, 0.3) is 5.82 Å². The minimum Gasteiger partial charge on any atom is -0.378 e. The van der Waals surface area contributed by atoms with Crippen LogP contribution in [0.3, 0.4) is 0 Å². The average molecular weight is 364 g/mol. The quantitative estimate of drug-likeness (QED) is 0.751. The van der Waals surface area contributed by atoms with Crippen LogP contribution in [0.2, 0.25) is 0 Å². The van der Waals surface area contributed by atoms with Gasteiger partial charge in [0.2, 0.25) is 0 Å². The fraction of sp³-hybridized carbons (Fsp3) is 0.350. The van der Waals surface area contributed by atoms with Gasteiger partial charge in [-0.3, -0.25) is 4.98 Å². The monoisotopic (exact) mass is 364 g/mol. The lowest BCUT2D eigenvalue weighted by Crippen LogP contribution is -2.36. The fourth-order valence-corrected chi connectivity index (χ4v) is 3.24. The van der Waals surface area contributed by atoms with E-state index in [-0.39, 0.29) is 0 Å². The van der Waals surface area contributed by atoms with Crippen LogP contribution in [0.4, 0.5) is 11.5 Å². The van der Waals surface area contributed by atoms with Crippen molar-refractivity contribution in [2.24, 2.45) is 0 Å². The molecule has 1 aromatic carbocycles. The second-order valence-corrected chi connectivity index (χ2v) is 6.72. The van der Waals surface area contributed by atoms with Gasteiger partial charge in [0, 0.05) is 31.0 Å². The van der Waals surface area contributed by atoms with Crippen molar-refractivity contribution in [1.29, 1.82) is 0 Å². The first kappa shape index (κ1) is 17.5. The maximum Gasteiger partial charge on any atom is 0.174 e. The van der Waals surface area contributed by atoms with Gasteiger partial charge in [-0.15, -0.1) is 0 Å². The molecule has 0 bridgehead atoms. The maximum atomic E-state index is 5.41. The minimum atomic E-state index is 0.693. The number of aromatic nitrogens is 4. The average Bonchev–Trinajstić information content (AvgIpc) is 3.06. The van der Waals surface area contributed by atoms with Crippen molar-refractivity contribution >= 4 is 11.5 Å². The first-order valence-corrected chi connectivity index (χ1v) is 9.20. The highest BCUT2D eigenvalue weighted by atomic mass is 16.5. The number of anilines is 2. The van der Waals surface area contributed by atoms with Gasteiger partial charge < -0.3 is 15.0 Å². The number of benzene rings is 1. The molecule has 0 unspecified atom stereocenters. The first-order chi connectivity index (χ1) is 13.2. The summed E-state index contributed by atoms with van der Waals surface area (Å²) in [5.41, 5.74) is 4.45. The van der Waals surface area contributed by atoms with Crippen molar-refractivity contribution in [3.63, 3.8) is 0 Å². The number of nitrogens with one attached hydrogen (secondary N) is 1. The molecule has 0 radical (unpaired) electrons. The SMILES string of the molecule is Cc1cc(C)n(-c2cncc(NCc3ccc(N4CCOCC4)cc3)n2)n1. The Balaban J connectivity index is 1.41. The molecule has 7 heteroatoms. The third-order valence-electron chi connectivity index (χ3n) is 4.63. The first-order valence-electron chi connectivity index (χ1n) is 9.20. The van der Waals surface area contributed by atoms with E-state index in [0.717, 1.165) is 43.5 Å². The van der Waals surface area contributed by atoms with E-state index in [4.69, 9.17) is 4.74 Å². The molecule has 2 aromatic heterocycles. The van der Waals surface area contributed by atoms with E-state index in [1.54, 1.807) is 12.4 Å². The lowest BCUT2D eigenvalue weighted by molar-refractivity contribution is 0.122. The van der Waals surface area contributed by atoms with Crippen molar-refractivity contribution < 1.29 is 4.74 Å². The van der Waals surface area contributed by atoms with Crippen LogP contribution in [0, 0.1) is 13.8 Å². The van der Waals surface area contributed by atoms with Crippen molar-refractivity contribution in [2.75, 3.05) is 36.5 Å². The number of aryl methyl sites for hydroxylation is 2. The molecule has 0 amide bonds. The molecule has 0 spiro atoms. The zero-order chi connectivity index (χ0) is 18.6. The number of nitrogens with zero attached hydrogens (tertiary/aromatic N) is 5. The van der Waals surface area contributed by atoms with E-state index in [1.807, 2.05) is 24.6 Å². The molecule has 1 aliphatic rings. The van der Waals surface area contributed by atoms with Gasteiger partial charge in [-0.2, -0.15) is 5.10 Å². The van der Waals surface area contributed by atoms with Gasteiger partial charge >= 0.3 is 0 Å². The molecule has 0 atom stereocenters. The summed E-state index contributed by atoms with van der Waals surface area (Å²) in [5, 5.41) is 7.81. The van der Waals surface area contributed by atoms with Crippen LogP contribution in [0.1, 0.15) is 17.0 Å². The summed E-state index contributed by atoms with van der Waals surface area (Å²) in [7, 11) is 0. The summed E-state index contributed by atoms with van der Waals surface area (Å²) < 4.78 is 7.22. The Hall–Kier alpha value is -2.93. The molecule has 7 nitrogen and oxygen atoms in total. The Morgan fingerprint density at radius 2 is 1.85 bits per heavy atom. The number of ether oxygens (including phenoxy) is 1. The van der Waals surface area contributed by atoms with Gasteiger partial charge in [-0.1, -0.05) is 12.1 Å². The summed E-state index contributed by atoms with van der Waals surface area (Å²) in [5.74, 6) is 1.45. The Kier molecular flexibility index (Phi) is 5.02. The molecule has 0 saturated carbocycles. The standard InChI is InChI=1S/C20H24N6O/c1-15-11-16(2)26(24-15)20-14-21-13-19(23-20)22-12-17-3-5-18(6-4-17)25-7-9-27-10-8-25/h3-6,11,13-14H,7-10,12H2,1-2H3,(H,22,23). The van der Waals surface area contributed by atoms with Crippen LogP contribution in [-0.2, 0) is 11.3 Å². The summed E-state index contributed by atoms with van der Waals surface area (Å²) >= 11 is 0. The van der Waals surface area contributed by atoms with Gasteiger partial charge in [-0.25, -0.2) is 9.67 Å². The van der Waals surface area contributed by atoms with Crippen molar-refractivity contribution in [1.82, 2.24) is 19.7 Å². The third kappa shape index (κ3) is 4.09. The molecule has 4 rings (SSSR count). The zero-order valence-electron chi connectivity index (χ0n) is 15.7. The molecule has 1 saturated heterocycles. The second kappa shape index (κ2) is 7.75. The predicted molar refractivity (Wildman–Crippen MR) is 105 cm³/mol. The van der Waals surface area contributed by atoms with Crippen LogP contribution in [0.5, 0.6) is 0 Å². The highest BCUT2D eigenvalue weighted by Crippen LogP contribution is 2.17. The van der Waals surface area contributed by atoms with E-state index in [2.05, 4.69) is 49.5 Å². The molecular formula is C20H24N6O. The van der Waals surface area contributed by atoms with Crippen LogP contribution in [-0.4, -0.2) is 46.1 Å². The highest BCUT2D eigenvalue weighted by Gasteiger charge is 2.11. The number of morpholine rings is 1. The van der Waals surface area contributed by atoms with E-state index in [0.29, 0.717) is 12.4 Å². The number of hydrogen-bond donors (Lipinski definition) is 1. The normalized spacial score (nSPS) is 14.4. The largest absolute Gasteiger partial charge is 0.378 e. The van der Waals surface area contributed by atoms with E-state index < -0.39 is 0 Å². The van der Waals surface area contributed by atoms with Crippen molar-refractivity contribution in [2.45, 2.75) is 20.4 Å². The highest BCUT2D eigenvalue weighted by molar-refractivity contribution is 5.48. The van der Waals surface area contributed by atoms with Gasteiger partial charge in [0.1, 0.15) is 5.82 Å². The number of rotatable bonds is 5. The maximum absolute atomic E-state index is 5.41. The molecule has 3 heterocycles. The third-order valence-corrected chi connectivity index (χ3v) is 4.63. The van der Waals surface area contributed by atoms with E-state index in [1.165, 1.54) is 11.3 Å². The van der Waals surface area contributed by atoms with Crippen molar-refractivity contribution in [3.05, 3.63) is 59.7 Å². The Bertz CT molecular complexity index is 899. The van der Waals surface area contributed by atoms with E-state index in [9.17, 15) is 0 Å².